The number of carboxylic acids is 1. The van der Waals surface area contributed by atoms with Crippen molar-refractivity contribution in [1.29, 1.82) is 0 Å². The van der Waals surface area contributed by atoms with E-state index < -0.39 is 17.5 Å². The number of ether oxygens (including phenoxy) is 1. The Kier molecular flexibility index (Phi) is 3.04. The van der Waals surface area contributed by atoms with Gasteiger partial charge in [-0.3, -0.25) is 4.79 Å². The van der Waals surface area contributed by atoms with Crippen LogP contribution in [0.5, 0.6) is 0 Å². The van der Waals surface area contributed by atoms with Crippen molar-refractivity contribution < 1.29 is 19.4 Å². The molecule has 0 fully saturated rings. The molecular formula is C7H11O4. The first-order chi connectivity index (χ1) is 4.90. The lowest BCUT2D eigenvalue weighted by molar-refractivity contribution is -0.171. The first-order valence-electron chi connectivity index (χ1n) is 3.16. The van der Waals surface area contributed by atoms with Crippen molar-refractivity contribution in [2.24, 2.45) is 0 Å². The van der Waals surface area contributed by atoms with Gasteiger partial charge in [0.25, 0.3) is 0 Å². The summed E-state index contributed by atoms with van der Waals surface area (Å²) in [7, 11) is 0. The quantitative estimate of drug-likeness (QED) is 0.613. The van der Waals surface area contributed by atoms with Crippen molar-refractivity contribution in [3.8, 4) is 0 Å². The van der Waals surface area contributed by atoms with Gasteiger partial charge in [0.1, 0.15) is 0 Å². The van der Waals surface area contributed by atoms with E-state index >= 15 is 0 Å². The number of hydrogen-bond donors (Lipinski definition) is 1. The molecule has 0 aliphatic rings. The summed E-state index contributed by atoms with van der Waals surface area (Å²) in [6, 6.07) is 0. The van der Waals surface area contributed by atoms with Gasteiger partial charge in [0.15, 0.2) is 0 Å². The van der Waals surface area contributed by atoms with Gasteiger partial charge >= 0.3 is 11.9 Å². The summed E-state index contributed by atoms with van der Waals surface area (Å²) in [6.45, 7) is 4.12. The number of rotatable bonds is 3. The van der Waals surface area contributed by atoms with Crippen LogP contribution in [-0.2, 0) is 14.3 Å². The van der Waals surface area contributed by atoms with Gasteiger partial charge in [0.2, 0.25) is 5.60 Å². The molecule has 0 aromatic heterocycles. The van der Waals surface area contributed by atoms with Crippen molar-refractivity contribution in [1.82, 2.24) is 0 Å². The van der Waals surface area contributed by atoms with Gasteiger partial charge in [-0.1, -0.05) is 6.92 Å². The van der Waals surface area contributed by atoms with E-state index in [4.69, 9.17) is 5.11 Å². The van der Waals surface area contributed by atoms with Crippen LogP contribution in [0.2, 0.25) is 0 Å². The van der Waals surface area contributed by atoms with E-state index in [9.17, 15) is 9.59 Å². The number of carboxylic acid groups (broad SMARTS) is 1. The normalized spacial score (nSPS) is 10.8. The third-order valence-electron chi connectivity index (χ3n) is 1.11. The van der Waals surface area contributed by atoms with Crippen molar-refractivity contribution in [2.45, 2.75) is 26.4 Å². The molecule has 0 amide bonds. The molecule has 0 aliphatic carbocycles. The second kappa shape index (κ2) is 3.37. The van der Waals surface area contributed by atoms with Gasteiger partial charge in [-0.25, -0.2) is 4.79 Å². The number of hydrogen-bond acceptors (Lipinski definition) is 3. The Morgan fingerprint density at radius 3 is 2.18 bits per heavy atom. The highest BCUT2D eigenvalue weighted by Gasteiger charge is 2.30. The van der Waals surface area contributed by atoms with Gasteiger partial charge in [0.05, 0.1) is 6.42 Å². The molecule has 4 heteroatoms. The van der Waals surface area contributed by atoms with Crippen molar-refractivity contribution in [3.05, 3.63) is 6.42 Å². The second-order valence-electron chi connectivity index (χ2n) is 2.53. The summed E-state index contributed by atoms with van der Waals surface area (Å²) < 4.78 is 4.55. The van der Waals surface area contributed by atoms with Crippen LogP contribution in [0.4, 0.5) is 0 Å². The van der Waals surface area contributed by atoms with E-state index in [1.807, 2.05) is 0 Å². The summed E-state index contributed by atoms with van der Waals surface area (Å²) in [4.78, 5) is 21.0. The molecule has 0 aromatic rings. The van der Waals surface area contributed by atoms with Crippen molar-refractivity contribution in [3.63, 3.8) is 0 Å². The number of carbonyl (C=O) groups excluding carboxylic acids is 1. The average Bonchev–Trinajstić information content (AvgIpc) is 1.86. The summed E-state index contributed by atoms with van der Waals surface area (Å²) >= 11 is 0. The van der Waals surface area contributed by atoms with Crippen LogP contribution in [0.3, 0.4) is 0 Å². The summed E-state index contributed by atoms with van der Waals surface area (Å²) in [5.41, 5.74) is -1.44. The fraction of sp³-hybridized carbons (Fsp3) is 0.571. The molecular weight excluding hydrogens is 148 g/mol. The van der Waals surface area contributed by atoms with Crippen LogP contribution >= 0.6 is 0 Å². The molecule has 0 aromatic carbocycles. The van der Waals surface area contributed by atoms with Crippen LogP contribution in [-0.4, -0.2) is 22.6 Å². The van der Waals surface area contributed by atoms with E-state index in [1.54, 1.807) is 0 Å². The second-order valence-corrected chi connectivity index (χ2v) is 2.53. The number of carbonyl (C=O) groups is 2. The van der Waals surface area contributed by atoms with Crippen LogP contribution in [0.25, 0.3) is 0 Å². The Bertz CT molecular complexity index is 171. The predicted molar refractivity (Wildman–Crippen MR) is 37.8 cm³/mol. The highest BCUT2D eigenvalue weighted by Crippen LogP contribution is 2.09. The van der Waals surface area contributed by atoms with E-state index in [2.05, 4.69) is 4.74 Å². The average molecular weight is 159 g/mol. The Labute approximate surface area is 65.2 Å². The standard InChI is InChI=1S/C7H11O4/c1-4-5(8)11-7(2,3)6(9)10/h4H,1-3H3,(H,9,10). The van der Waals surface area contributed by atoms with E-state index in [1.165, 1.54) is 27.2 Å². The summed E-state index contributed by atoms with van der Waals surface area (Å²) in [5, 5.41) is 8.49. The lowest BCUT2D eigenvalue weighted by Crippen LogP contribution is -2.36. The molecule has 0 atom stereocenters. The Morgan fingerprint density at radius 1 is 1.45 bits per heavy atom. The van der Waals surface area contributed by atoms with Gasteiger partial charge in [0, 0.05) is 0 Å². The van der Waals surface area contributed by atoms with Crippen molar-refractivity contribution in [2.75, 3.05) is 0 Å². The van der Waals surface area contributed by atoms with Gasteiger partial charge in [-0.2, -0.15) is 0 Å². The molecule has 0 saturated carbocycles. The third-order valence-corrected chi connectivity index (χ3v) is 1.11. The minimum atomic E-state index is -1.44. The molecule has 1 N–H and O–H groups in total. The fourth-order valence-electron chi connectivity index (χ4n) is 0.354. The highest BCUT2D eigenvalue weighted by atomic mass is 16.6. The lowest BCUT2D eigenvalue weighted by atomic mass is 10.1. The van der Waals surface area contributed by atoms with E-state index in [-0.39, 0.29) is 0 Å². The molecule has 0 saturated heterocycles. The Morgan fingerprint density at radius 2 is 1.91 bits per heavy atom. The Hall–Kier alpha value is -1.06. The maximum absolute atomic E-state index is 10.6. The minimum absolute atomic E-state index is 0.627. The topological polar surface area (TPSA) is 63.6 Å². The monoisotopic (exact) mass is 159 g/mol. The molecule has 1 radical (unpaired) electrons. The van der Waals surface area contributed by atoms with Gasteiger partial charge in [-0.15, -0.1) is 0 Å². The highest BCUT2D eigenvalue weighted by molar-refractivity contribution is 5.84. The minimum Gasteiger partial charge on any atom is -0.478 e. The fourth-order valence-corrected chi connectivity index (χ4v) is 0.354. The van der Waals surface area contributed by atoms with Crippen LogP contribution < -0.4 is 0 Å². The van der Waals surface area contributed by atoms with Crippen molar-refractivity contribution >= 4 is 11.9 Å². The lowest BCUT2D eigenvalue weighted by Gasteiger charge is -2.18. The molecule has 0 heterocycles. The Balaban J connectivity index is 4.12. The molecule has 0 rings (SSSR count). The molecule has 4 nitrogen and oxygen atoms in total. The first kappa shape index (κ1) is 9.94. The van der Waals surface area contributed by atoms with Crippen LogP contribution in [0, 0.1) is 6.42 Å². The molecule has 63 valence electrons. The van der Waals surface area contributed by atoms with E-state index in [0.717, 1.165) is 0 Å². The zero-order valence-corrected chi connectivity index (χ0v) is 6.75. The summed E-state index contributed by atoms with van der Waals surface area (Å²) in [6.07, 6.45) is 1.17. The van der Waals surface area contributed by atoms with Gasteiger partial charge in [-0.05, 0) is 13.8 Å². The molecule has 11 heavy (non-hydrogen) atoms. The smallest absolute Gasteiger partial charge is 0.347 e. The van der Waals surface area contributed by atoms with Gasteiger partial charge < -0.3 is 9.84 Å². The number of aliphatic carboxylic acids is 1. The van der Waals surface area contributed by atoms with Crippen LogP contribution in [0.1, 0.15) is 20.8 Å². The van der Waals surface area contributed by atoms with E-state index in [0.29, 0.717) is 0 Å². The molecule has 0 bridgehead atoms. The summed E-state index contributed by atoms with van der Waals surface area (Å²) in [5.74, 6) is -1.79. The zero-order valence-electron chi connectivity index (χ0n) is 6.75. The molecule has 0 spiro atoms. The first-order valence-corrected chi connectivity index (χ1v) is 3.16. The van der Waals surface area contributed by atoms with Crippen LogP contribution in [0.15, 0.2) is 0 Å². The molecule has 0 aliphatic heterocycles. The third kappa shape index (κ3) is 3.02. The SMILES string of the molecule is C[CH]C(=O)OC(C)(C)C(=O)O. The largest absolute Gasteiger partial charge is 0.478 e. The maximum Gasteiger partial charge on any atom is 0.347 e. The number of esters is 1. The molecule has 0 unspecified atom stereocenters. The maximum atomic E-state index is 10.6. The predicted octanol–water partition coefficient (Wildman–Crippen LogP) is 0.617. The zero-order chi connectivity index (χ0) is 9.07.